The van der Waals surface area contributed by atoms with Crippen molar-refractivity contribution in [2.24, 2.45) is 5.92 Å². The number of thioether (sulfide) groups is 1. The van der Waals surface area contributed by atoms with Gasteiger partial charge in [0.05, 0.1) is 7.11 Å². The summed E-state index contributed by atoms with van der Waals surface area (Å²) in [6.07, 6.45) is 6.32. The molecule has 2 atom stereocenters. The van der Waals surface area contributed by atoms with E-state index in [0.29, 0.717) is 16.4 Å². The first-order valence-corrected chi connectivity index (χ1v) is 7.40. The van der Waals surface area contributed by atoms with Crippen LogP contribution in [0.2, 0.25) is 0 Å². The molecule has 2 aliphatic rings. The van der Waals surface area contributed by atoms with Crippen molar-refractivity contribution in [3.63, 3.8) is 0 Å². The highest BCUT2D eigenvalue weighted by molar-refractivity contribution is 8.00. The van der Waals surface area contributed by atoms with Crippen molar-refractivity contribution in [3.8, 4) is 5.88 Å². The molecule has 2 aliphatic heterocycles. The number of hydrogen-bond acceptors (Lipinski definition) is 4. The fourth-order valence-electron chi connectivity index (χ4n) is 2.98. The Morgan fingerprint density at radius 2 is 2.11 bits per heavy atom. The summed E-state index contributed by atoms with van der Waals surface area (Å²) in [4.78, 5) is 16.5. The largest absolute Gasteiger partial charge is 0.481 e. The quantitative estimate of drug-likeness (QED) is 0.786. The van der Waals surface area contributed by atoms with Gasteiger partial charge < -0.3 is 4.74 Å². The average molecular weight is 263 g/mol. The number of Topliss-reactive ketones (excluding diaryl/α,β-unsaturated/α-hetero) is 1. The molecule has 0 aliphatic carbocycles. The molecule has 0 radical (unpaired) electrons. The smallest absolute Gasteiger partial charge is 0.213 e. The normalized spacial score (nSPS) is 30.2. The number of rotatable bonds is 3. The number of carbonyl (C=O) groups is 1. The van der Waals surface area contributed by atoms with Crippen molar-refractivity contribution >= 4 is 17.5 Å². The molecule has 3 rings (SSSR count). The van der Waals surface area contributed by atoms with E-state index in [1.807, 2.05) is 0 Å². The van der Waals surface area contributed by atoms with Gasteiger partial charge in [0, 0.05) is 34.2 Å². The molecule has 4 heteroatoms. The minimum Gasteiger partial charge on any atom is -0.481 e. The zero-order chi connectivity index (χ0) is 12.5. The van der Waals surface area contributed by atoms with Crippen molar-refractivity contribution in [1.82, 2.24) is 4.98 Å². The molecule has 0 N–H and O–H groups in total. The lowest BCUT2D eigenvalue weighted by molar-refractivity contribution is 0.0906. The minimum atomic E-state index is 0.204. The van der Waals surface area contributed by atoms with Crippen LogP contribution in [-0.4, -0.2) is 28.4 Å². The molecule has 1 aromatic rings. The van der Waals surface area contributed by atoms with E-state index in [1.54, 1.807) is 25.4 Å². The molecule has 2 unspecified atom stereocenters. The first-order chi connectivity index (χ1) is 8.76. The van der Waals surface area contributed by atoms with Crippen LogP contribution in [0.1, 0.15) is 36.0 Å². The Morgan fingerprint density at radius 3 is 2.78 bits per heavy atom. The summed E-state index contributed by atoms with van der Waals surface area (Å²) in [5, 5.41) is 1.42. The molecule has 1 aromatic heterocycles. The number of ketones is 1. The second kappa shape index (κ2) is 4.92. The zero-order valence-electron chi connectivity index (χ0n) is 10.5. The number of hydrogen-bond donors (Lipinski definition) is 0. The molecule has 2 bridgehead atoms. The Labute approximate surface area is 111 Å². The summed E-state index contributed by atoms with van der Waals surface area (Å²) in [7, 11) is 1.58. The molecule has 3 heterocycles. The molecular weight excluding hydrogens is 246 g/mol. The van der Waals surface area contributed by atoms with Crippen LogP contribution >= 0.6 is 11.8 Å². The fourth-order valence-corrected chi connectivity index (χ4v) is 4.76. The van der Waals surface area contributed by atoms with E-state index in [0.717, 1.165) is 18.4 Å². The third kappa shape index (κ3) is 2.26. The molecule has 96 valence electrons. The topological polar surface area (TPSA) is 39.2 Å². The van der Waals surface area contributed by atoms with E-state index in [9.17, 15) is 4.79 Å². The molecule has 0 saturated carbocycles. The molecule has 0 aromatic carbocycles. The Kier molecular flexibility index (Phi) is 3.29. The number of carbonyl (C=O) groups excluding carboxylic acids is 1. The molecular formula is C14H17NO2S. The van der Waals surface area contributed by atoms with Gasteiger partial charge >= 0.3 is 0 Å². The molecule has 18 heavy (non-hydrogen) atoms. The highest BCUT2D eigenvalue weighted by atomic mass is 32.2. The standard InChI is InChI=1S/C14H17NO2S/c1-17-13-8-9(4-5-15-13)14(16)10-6-11-2-3-12(7-10)18-11/h4-5,8,10-12H,2-3,6-7H2,1H3. The van der Waals surface area contributed by atoms with Gasteiger partial charge in [-0.3, -0.25) is 4.79 Å². The van der Waals surface area contributed by atoms with E-state index < -0.39 is 0 Å². The second-order valence-electron chi connectivity index (χ2n) is 5.08. The van der Waals surface area contributed by atoms with Crippen molar-refractivity contribution in [2.45, 2.75) is 36.2 Å². The third-order valence-corrected chi connectivity index (χ3v) is 5.52. The summed E-state index contributed by atoms with van der Waals surface area (Å²) in [5.41, 5.74) is 0.748. The lowest BCUT2D eigenvalue weighted by Crippen LogP contribution is -2.24. The van der Waals surface area contributed by atoms with Gasteiger partial charge in [0.1, 0.15) is 0 Å². The van der Waals surface area contributed by atoms with Crippen LogP contribution in [0.25, 0.3) is 0 Å². The molecule has 0 spiro atoms. The van der Waals surface area contributed by atoms with Crippen LogP contribution in [0.5, 0.6) is 5.88 Å². The van der Waals surface area contributed by atoms with Crippen LogP contribution in [0.15, 0.2) is 18.3 Å². The van der Waals surface area contributed by atoms with Crippen molar-refractivity contribution in [3.05, 3.63) is 23.9 Å². The molecule has 2 fully saturated rings. The van der Waals surface area contributed by atoms with E-state index >= 15 is 0 Å². The number of aromatic nitrogens is 1. The van der Waals surface area contributed by atoms with Crippen LogP contribution in [0, 0.1) is 5.92 Å². The molecule has 0 amide bonds. The van der Waals surface area contributed by atoms with E-state index in [4.69, 9.17) is 4.74 Å². The van der Waals surface area contributed by atoms with Gasteiger partial charge in [-0.1, -0.05) is 0 Å². The van der Waals surface area contributed by atoms with E-state index in [1.165, 1.54) is 12.8 Å². The number of pyridine rings is 1. The highest BCUT2D eigenvalue weighted by Crippen LogP contribution is 2.46. The Balaban J connectivity index is 1.77. The van der Waals surface area contributed by atoms with Gasteiger partial charge in [-0.05, 0) is 31.7 Å². The maximum Gasteiger partial charge on any atom is 0.213 e. The highest BCUT2D eigenvalue weighted by Gasteiger charge is 2.37. The van der Waals surface area contributed by atoms with Gasteiger partial charge in [0.15, 0.2) is 5.78 Å². The lowest BCUT2D eigenvalue weighted by atomic mass is 9.91. The Bertz CT molecular complexity index is 451. The first-order valence-electron chi connectivity index (χ1n) is 6.46. The maximum absolute atomic E-state index is 12.5. The van der Waals surface area contributed by atoms with Crippen LogP contribution in [0.4, 0.5) is 0 Å². The number of methoxy groups -OCH3 is 1. The van der Waals surface area contributed by atoms with Gasteiger partial charge in [-0.25, -0.2) is 4.98 Å². The molecule has 3 nitrogen and oxygen atoms in total. The first kappa shape index (κ1) is 12.0. The maximum atomic E-state index is 12.5. The number of fused-ring (bicyclic) bond motifs is 2. The van der Waals surface area contributed by atoms with E-state index in [-0.39, 0.29) is 11.7 Å². The van der Waals surface area contributed by atoms with E-state index in [2.05, 4.69) is 16.7 Å². The Hall–Kier alpha value is -1.03. The van der Waals surface area contributed by atoms with Gasteiger partial charge in [-0.15, -0.1) is 0 Å². The summed E-state index contributed by atoms with van der Waals surface area (Å²) in [6, 6.07) is 3.56. The molecule has 2 saturated heterocycles. The summed E-state index contributed by atoms with van der Waals surface area (Å²) in [6.45, 7) is 0. The van der Waals surface area contributed by atoms with Gasteiger partial charge in [0.25, 0.3) is 0 Å². The predicted octanol–water partition coefficient (Wildman–Crippen LogP) is 2.95. The lowest BCUT2D eigenvalue weighted by Gasteiger charge is -2.26. The number of nitrogens with zero attached hydrogens (tertiary/aromatic N) is 1. The van der Waals surface area contributed by atoms with Crippen LogP contribution in [0.3, 0.4) is 0 Å². The summed E-state index contributed by atoms with van der Waals surface area (Å²) < 4.78 is 5.08. The zero-order valence-corrected chi connectivity index (χ0v) is 11.3. The number of ether oxygens (including phenoxy) is 1. The third-order valence-electron chi connectivity index (χ3n) is 3.89. The van der Waals surface area contributed by atoms with Crippen molar-refractivity contribution in [1.29, 1.82) is 0 Å². The second-order valence-corrected chi connectivity index (χ2v) is 6.68. The average Bonchev–Trinajstić information content (AvgIpc) is 2.76. The fraction of sp³-hybridized carbons (Fsp3) is 0.571. The monoisotopic (exact) mass is 263 g/mol. The van der Waals surface area contributed by atoms with Gasteiger partial charge in [-0.2, -0.15) is 11.8 Å². The summed E-state index contributed by atoms with van der Waals surface area (Å²) in [5.74, 6) is 0.998. The van der Waals surface area contributed by atoms with Crippen LogP contribution < -0.4 is 4.74 Å². The van der Waals surface area contributed by atoms with Crippen molar-refractivity contribution in [2.75, 3.05) is 7.11 Å². The van der Waals surface area contributed by atoms with Crippen molar-refractivity contribution < 1.29 is 9.53 Å². The SMILES string of the molecule is COc1cc(C(=O)C2CC3CCC(C2)S3)ccn1. The summed E-state index contributed by atoms with van der Waals surface area (Å²) >= 11 is 2.09. The van der Waals surface area contributed by atoms with Gasteiger partial charge in [0.2, 0.25) is 5.88 Å². The minimum absolute atomic E-state index is 0.204. The predicted molar refractivity (Wildman–Crippen MR) is 72.2 cm³/mol. The van der Waals surface area contributed by atoms with Crippen LogP contribution in [-0.2, 0) is 0 Å². The Morgan fingerprint density at radius 1 is 1.39 bits per heavy atom.